The first-order valence-corrected chi connectivity index (χ1v) is 9.50. The highest BCUT2D eigenvalue weighted by Gasteiger charge is 2.24. The highest BCUT2D eigenvalue weighted by Crippen LogP contribution is 2.36. The molecule has 156 valence electrons. The first-order chi connectivity index (χ1) is 15.0. The molecule has 0 bridgehead atoms. The van der Waals surface area contributed by atoms with Crippen molar-refractivity contribution in [1.29, 1.82) is 0 Å². The lowest BCUT2D eigenvalue weighted by Gasteiger charge is -2.13. The third kappa shape index (κ3) is 4.06. The first kappa shape index (κ1) is 20.0. The number of anilines is 4. The zero-order chi connectivity index (χ0) is 22.0. The molecule has 0 unspecified atom stereocenters. The Bertz CT molecular complexity index is 1290. The number of aryl methyl sites for hydroxylation is 2. The van der Waals surface area contributed by atoms with Gasteiger partial charge < -0.3 is 15.4 Å². The summed E-state index contributed by atoms with van der Waals surface area (Å²) in [6.07, 6.45) is 1.27. The lowest BCUT2D eigenvalue weighted by molar-refractivity contribution is -0.383. The third-order valence-corrected chi connectivity index (χ3v) is 4.74. The van der Waals surface area contributed by atoms with Gasteiger partial charge in [0.15, 0.2) is 0 Å². The van der Waals surface area contributed by atoms with Gasteiger partial charge >= 0.3 is 5.69 Å². The molecule has 0 aliphatic rings. The first-order valence-electron chi connectivity index (χ1n) is 9.50. The fourth-order valence-electron chi connectivity index (χ4n) is 3.28. The number of hydrogen-bond donors (Lipinski definition) is 2. The molecule has 9 nitrogen and oxygen atoms in total. The van der Waals surface area contributed by atoms with Crippen molar-refractivity contribution in [2.24, 2.45) is 0 Å². The average Bonchev–Trinajstić information content (AvgIpc) is 2.74. The van der Waals surface area contributed by atoms with Crippen LogP contribution in [0.2, 0.25) is 0 Å². The minimum atomic E-state index is -0.513. The number of rotatable bonds is 6. The standard InChI is InChI=1S/C22H20N6O3/c1-13-7-10-19(31-3)18(11-13)27-22-20(28(29)30)21(23-12-24-22)26-17-6-4-5-16-15(17)9-8-14(2)25-16/h4-12H,1-3H3,(H2,23,24,26,27). The Morgan fingerprint density at radius 1 is 0.968 bits per heavy atom. The summed E-state index contributed by atoms with van der Waals surface area (Å²) < 4.78 is 5.36. The lowest BCUT2D eigenvalue weighted by atomic mass is 10.1. The van der Waals surface area contributed by atoms with E-state index in [0.29, 0.717) is 17.1 Å². The molecule has 9 heteroatoms. The maximum atomic E-state index is 12.0. The highest BCUT2D eigenvalue weighted by atomic mass is 16.6. The SMILES string of the molecule is COc1ccc(C)cc1Nc1ncnc(Nc2cccc3nc(C)ccc23)c1[N+](=O)[O-]. The van der Waals surface area contributed by atoms with Crippen molar-refractivity contribution in [3.63, 3.8) is 0 Å². The molecule has 2 N–H and O–H groups in total. The zero-order valence-corrected chi connectivity index (χ0v) is 17.2. The van der Waals surface area contributed by atoms with Gasteiger partial charge in [0, 0.05) is 16.8 Å². The van der Waals surface area contributed by atoms with Crippen molar-refractivity contribution in [1.82, 2.24) is 15.0 Å². The normalized spacial score (nSPS) is 10.7. The second kappa shape index (κ2) is 8.23. The summed E-state index contributed by atoms with van der Waals surface area (Å²) >= 11 is 0. The van der Waals surface area contributed by atoms with Crippen LogP contribution < -0.4 is 15.4 Å². The van der Waals surface area contributed by atoms with Gasteiger partial charge in [-0.05, 0) is 55.8 Å². The molecule has 2 aromatic heterocycles. The van der Waals surface area contributed by atoms with Crippen molar-refractivity contribution in [2.75, 3.05) is 17.7 Å². The van der Waals surface area contributed by atoms with E-state index in [2.05, 4.69) is 25.6 Å². The molecule has 0 saturated heterocycles. The van der Waals surface area contributed by atoms with Crippen molar-refractivity contribution in [3.05, 3.63) is 76.2 Å². The van der Waals surface area contributed by atoms with Gasteiger partial charge in [-0.25, -0.2) is 9.97 Å². The number of aromatic nitrogens is 3. The minimum Gasteiger partial charge on any atom is -0.495 e. The van der Waals surface area contributed by atoms with E-state index in [4.69, 9.17) is 4.74 Å². The van der Waals surface area contributed by atoms with Gasteiger partial charge in [-0.15, -0.1) is 0 Å². The molecule has 31 heavy (non-hydrogen) atoms. The topological polar surface area (TPSA) is 115 Å². The fourth-order valence-corrected chi connectivity index (χ4v) is 3.28. The van der Waals surface area contributed by atoms with E-state index in [0.717, 1.165) is 22.2 Å². The lowest BCUT2D eigenvalue weighted by Crippen LogP contribution is -2.06. The zero-order valence-electron chi connectivity index (χ0n) is 17.2. The quantitative estimate of drug-likeness (QED) is 0.332. The summed E-state index contributed by atoms with van der Waals surface area (Å²) in [4.78, 5) is 24.2. The number of nitro groups is 1. The number of nitrogens with zero attached hydrogens (tertiary/aromatic N) is 4. The van der Waals surface area contributed by atoms with Gasteiger partial charge in [-0.2, -0.15) is 0 Å². The number of hydrogen-bond acceptors (Lipinski definition) is 8. The second-order valence-corrected chi connectivity index (χ2v) is 6.96. The minimum absolute atomic E-state index is 0.0561. The molecule has 0 spiro atoms. The maximum Gasteiger partial charge on any atom is 0.353 e. The largest absolute Gasteiger partial charge is 0.495 e. The highest BCUT2D eigenvalue weighted by molar-refractivity contribution is 5.94. The molecule has 4 aromatic rings. The molecular formula is C22H20N6O3. The predicted octanol–water partition coefficient (Wildman–Crippen LogP) is 5.05. The van der Waals surface area contributed by atoms with Crippen LogP contribution in [-0.2, 0) is 0 Å². The van der Waals surface area contributed by atoms with E-state index in [1.807, 2.05) is 56.3 Å². The van der Waals surface area contributed by atoms with E-state index in [9.17, 15) is 10.1 Å². The van der Waals surface area contributed by atoms with Crippen molar-refractivity contribution >= 4 is 39.6 Å². The monoisotopic (exact) mass is 416 g/mol. The number of ether oxygens (including phenoxy) is 1. The molecule has 0 amide bonds. The summed E-state index contributed by atoms with van der Waals surface area (Å²) in [6, 6.07) is 14.9. The molecule has 2 heterocycles. The Kier molecular flexibility index (Phi) is 5.31. The molecule has 0 saturated carbocycles. The van der Waals surface area contributed by atoms with Crippen molar-refractivity contribution < 1.29 is 9.66 Å². The van der Waals surface area contributed by atoms with Crippen molar-refractivity contribution in [2.45, 2.75) is 13.8 Å². The van der Waals surface area contributed by atoms with Gasteiger partial charge in [-0.3, -0.25) is 15.1 Å². The Labute approximate surface area is 178 Å². The number of pyridine rings is 1. The number of fused-ring (bicyclic) bond motifs is 1. The third-order valence-electron chi connectivity index (χ3n) is 4.74. The summed E-state index contributed by atoms with van der Waals surface area (Å²) in [7, 11) is 1.54. The van der Waals surface area contributed by atoms with Gasteiger partial charge in [0.2, 0.25) is 11.6 Å². The molecule has 4 rings (SSSR count). The predicted molar refractivity (Wildman–Crippen MR) is 119 cm³/mol. The molecule has 0 radical (unpaired) electrons. The van der Waals surface area contributed by atoms with Crippen LogP contribution in [-0.4, -0.2) is 27.0 Å². The van der Waals surface area contributed by atoms with Crippen LogP contribution >= 0.6 is 0 Å². The van der Waals surface area contributed by atoms with Crippen LogP contribution in [0.1, 0.15) is 11.3 Å². The number of benzene rings is 2. The van der Waals surface area contributed by atoms with Crippen LogP contribution in [0.15, 0.2) is 54.9 Å². The van der Waals surface area contributed by atoms with Crippen LogP contribution in [0, 0.1) is 24.0 Å². The number of methoxy groups -OCH3 is 1. The molecule has 0 aliphatic carbocycles. The van der Waals surface area contributed by atoms with E-state index in [1.165, 1.54) is 13.4 Å². The summed E-state index contributed by atoms with van der Waals surface area (Å²) in [5.41, 5.74) is 3.59. The Hall–Kier alpha value is -4.27. The number of nitrogens with one attached hydrogen (secondary N) is 2. The van der Waals surface area contributed by atoms with E-state index >= 15 is 0 Å². The van der Waals surface area contributed by atoms with Crippen LogP contribution in [0.5, 0.6) is 5.75 Å². The average molecular weight is 416 g/mol. The molecule has 0 atom stereocenters. The van der Waals surface area contributed by atoms with E-state index in [-0.39, 0.29) is 17.3 Å². The van der Waals surface area contributed by atoms with Gasteiger partial charge in [0.25, 0.3) is 0 Å². The Balaban J connectivity index is 1.77. The summed E-state index contributed by atoms with van der Waals surface area (Å²) in [5, 5.41) is 18.9. The Morgan fingerprint density at radius 3 is 2.42 bits per heavy atom. The molecule has 2 aromatic carbocycles. The maximum absolute atomic E-state index is 12.0. The summed E-state index contributed by atoms with van der Waals surface area (Å²) in [5.74, 6) is 0.673. The van der Waals surface area contributed by atoms with E-state index in [1.54, 1.807) is 6.07 Å². The fraction of sp³-hybridized carbons (Fsp3) is 0.136. The van der Waals surface area contributed by atoms with Crippen LogP contribution in [0.4, 0.5) is 28.7 Å². The van der Waals surface area contributed by atoms with Crippen LogP contribution in [0.3, 0.4) is 0 Å². The van der Waals surface area contributed by atoms with Gasteiger partial charge in [-0.1, -0.05) is 12.1 Å². The smallest absolute Gasteiger partial charge is 0.353 e. The second-order valence-electron chi connectivity index (χ2n) is 6.96. The summed E-state index contributed by atoms with van der Waals surface area (Å²) in [6.45, 7) is 3.83. The molecular weight excluding hydrogens is 396 g/mol. The Morgan fingerprint density at radius 2 is 1.71 bits per heavy atom. The van der Waals surface area contributed by atoms with Crippen LogP contribution in [0.25, 0.3) is 10.9 Å². The van der Waals surface area contributed by atoms with Gasteiger partial charge in [0.05, 0.1) is 23.2 Å². The molecule has 0 aliphatic heterocycles. The van der Waals surface area contributed by atoms with Gasteiger partial charge in [0.1, 0.15) is 12.1 Å². The van der Waals surface area contributed by atoms with E-state index < -0.39 is 4.92 Å². The van der Waals surface area contributed by atoms with Crippen molar-refractivity contribution in [3.8, 4) is 5.75 Å². The molecule has 0 fully saturated rings.